The van der Waals surface area contributed by atoms with Crippen molar-refractivity contribution in [2.45, 2.75) is 39.2 Å². The highest BCUT2D eigenvalue weighted by Crippen LogP contribution is 2.15. The minimum Gasteiger partial charge on any atom is -0.391 e. The summed E-state index contributed by atoms with van der Waals surface area (Å²) in [6.45, 7) is 5.09. The Hall–Kier alpha value is -1.36. The van der Waals surface area contributed by atoms with Crippen molar-refractivity contribution < 1.29 is 9.90 Å². The minimum atomic E-state index is -0.337. The van der Waals surface area contributed by atoms with Crippen molar-refractivity contribution in [1.29, 1.82) is 0 Å². The number of hydrogen-bond acceptors (Lipinski definition) is 3. The second-order valence-electron chi connectivity index (χ2n) is 4.69. The van der Waals surface area contributed by atoms with Crippen LogP contribution < -0.4 is 0 Å². The van der Waals surface area contributed by atoms with E-state index in [0.29, 0.717) is 25.9 Å². The fraction of sp³-hybridized carbons (Fsp3) is 0.667. The zero-order chi connectivity index (χ0) is 12.4. The van der Waals surface area contributed by atoms with Gasteiger partial charge < -0.3 is 10.0 Å². The molecular formula is C12H19N3O2. The molecule has 1 atom stereocenters. The largest absolute Gasteiger partial charge is 0.391 e. The maximum atomic E-state index is 11.9. The van der Waals surface area contributed by atoms with Crippen LogP contribution >= 0.6 is 0 Å². The summed E-state index contributed by atoms with van der Waals surface area (Å²) in [5, 5.41) is 16.4. The van der Waals surface area contributed by atoms with Crippen LogP contribution in [0.4, 0.5) is 0 Å². The number of aliphatic hydroxyl groups excluding tert-OH is 1. The number of H-pyrrole nitrogens is 1. The van der Waals surface area contributed by atoms with Crippen LogP contribution in [0, 0.1) is 13.8 Å². The molecule has 1 saturated heterocycles. The van der Waals surface area contributed by atoms with Crippen molar-refractivity contribution in [2.24, 2.45) is 0 Å². The molecule has 2 rings (SSSR count). The fourth-order valence-electron chi connectivity index (χ4n) is 2.30. The standard InChI is InChI=1S/C12H19N3O2/c1-8-11(9(2)14-13-8)3-4-12(17)15-6-5-10(16)7-15/h10,16H,3-7H2,1-2H3,(H,13,14)/t10-/m1/s1. The number of rotatable bonds is 3. The molecule has 0 aromatic carbocycles. The van der Waals surface area contributed by atoms with Crippen molar-refractivity contribution in [3.63, 3.8) is 0 Å². The van der Waals surface area contributed by atoms with Gasteiger partial charge in [-0.15, -0.1) is 0 Å². The lowest BCUT2D eigenvalue weighted by Gasteiger charge is -2.15. The molecule has 0 spiro atoms. The number of nitrogens with zero attached hydrogens (tertiary/aromatic N) is 2. The lowest BCUT2D eigenvalue weighted by atomic mass is 10.1. The van der Waals surface area contributed by atoms with Gasteiger partial charge in [-0.2, -0.15) is 5.10 Å². The van der Waals surface area contributed by atoms with Crippen LogP contribution in [0.25, 0.3) is 0 Å². The number of amides is 1. The highest BCUT2D eigenvalue weighted by Gasteiger charge is 2.24. The van der Waals surface area contributed by atoms with E-state index in [1.165, 1.54) is 0 Å². The summed E-state index contributed by atoms with van der Waals surface area (Å²) in [6, 6.07) is 0. The van der Waals surface area contributed by atoms with Crippen molar-refractivity contribution in [2.75, 3.05) is 13.1 Å². The molecule has 1 aromatic rings. The van der Waals surface area contributed by atoms with E-state index in [9.17, 15) is 9.90 Å². The quantitative estimate of drug-likeness (QED) is 0.806. The predicted molar refractivity (Wildman–Crippen MR) is 63.6 cm³/mol. The molecule has 0 radical (unpaired) electrons. The predicted octanol–water partition coefficient (Wildman–Crippen LogP) is 0.552. The number of aromatic amines is 1. The number of aliphatic hydroxyl groups is 1. The topological polar surface area (TPSA) is 69.2 Å². The summed E-state index contributed by atoms with van der Waals surface area (Å²) >= 11 is 0. The average Bonchev–Trinajstić information content (AvgIpc) is 2.84. The average molecular weight is 237 g/mol. The van der Waals surface area contributed by atoms with Gasteiger partial charge in [-0.1, -0.05) is 0 Å². The van der Waals surface area contributed by atoms with Crippen LogP contribution in [-0.4, -0.2) is 45.3 Å². The number of aryl methyl sites for hydroxylation is 2. The Kier molecular flexibility index (Phi) is 3.47. The molecule has 2 heterocycles. The number of hydrogen-bond donors (Lipinski definition) is 2. The molecule has 5 nitrogen and oxygen atoms in total. The van der Waals surface area contributed by atoms with Gasteiger partial charge in [-0.05, 0) is 32.3 Å². The van der Waals surface area contributed by atoms with E-state index in [1.54, 1.807) is 4.90 Å². The van der Waals surface area contributed by atoms with Gasteiger partial charge >= 0.3 is 0 Å². The SMILES string of the molecule is Cc1n[nH]c(C)c1CCC(=O)N1CC[C@@H](O)C1. The minimum absolute atomic E-state index is 0.126. The lowest BCUT2D eigenvalue weighted by molar-refractivity contribution is -0.130. The van der Waals surface area contributed by atoms with Gasteiger partial charge in [0.2, 0.25) is 5.91 Å². The number of nitrogens with one attached hydrogen (secondary N) is 1. The van der Waals surface area contributed by atoms with Gasteiger partial charge in [-0.3, -0.25) is 9.89 Å². The Morgan fingerprint density at radius 2 is 2.35 bits per heavy atom. The summed E-state index contributed by atoms with van der Waals surface area (Å²) in [5.74, 6) is 0.126. The van der Waals surface area contributed by atoms with Crippen molar-refractivity contribution in [3.05, 3.63) is 17.0 Å². The van der Waals surface area contributed by atoms with E-state index in [4.69, 9.17) is 0 Å². The van der Waals surface area contributed by atoms with Crippen LogP contribution in [0.3, 0.4) is 0 Å². The Labute approximate surface area is 101 Å². The van der Waals surface area contributed by atoms with Gasteiger partial charge in [0.15, 0.2) is 0 Å². The number of likely N-dealkylation sites (tertiary alicyclic amines) is 1. The Bertz CT molecular complexity index is 394. The molecule has 2 N–H and O–H groups in total. The molecule has 0 saturated carbocycles. The van der Waals surface area contributed by atoms with Gasteiger partial charge in [0.25, 0.3) is 0 Å². The van der Waals surface area contributed by atoms with Gasteiger partial charge in [0, 0.05) is 25.2 Å². The van der Waals surface area contributed by atoms with Crippen LogP contribution in [-0.2, 0) is 11.2 Å². The normalized spacial score (nSPS) is 19.9. The summed E-state index contributed by atoms with van der Waals surface area (Å²) < 4.78 is 0. The van der Waals surface area contributed by atoms with Gasteiger partial charge in [0.05, 0.1) is 11.8 Å². The number of carbonyl (C=O) groups excluding carboxylic acids is 1. The Balaban J connectivity index is 1.88. The van der Waals surface area contributed by atoms with Gasteiger partial charge in [-0.25, -0.2) is 0 Å². The first-order valence-corrected chi connectivity index (χ1v) is 6.04. The molecule has 0 aliphatic carbocycles. The summed E-state index contributed by atoms with van der Waals surface area (Å²) in [7, 11) is 0. The molecular weight excluding hydrogens is 218 g/mol. The molecule has 0 bridgehead atoms. The first-order chi connectivity index (χ1) is 8.08. The van der Waals surface area contributed by atoms with Crippen molar-refractivity contribution >= 4 is 5.91 Å². The van der Waals surface area contributed by atoms with Gasteiger partial charge in [0.1, 0.15) is 0 Å². The molecule has 1 amide bonds. The molecule has 17 heavy (non-hydrogen) atoms. The molecule has 1 aromatic heterocycles. The van der Waals surface area contributed by atoms with E-state index in [-0.39, 0.29) is 12.0 Å². The number of aromatic nitrogens is 2. The second-order valence-corrected chi connectivity index (χ2v) is 4.69. The summed E-state index contributed by atoms with van der Waals surface area (Å²) in [5.41, 5.74) is 3.15. The maximum Gasteiger partial charge on any atom is 0.222 e. The van der Waals surface area contributed by atoms with E-state index < -0.39 is 0 Å². The molecule has 5 heteroatoms. The Morgan fingerprint density at radius 3 is 2.88 bits per heavy atom. The van der Waals surface area contributed by atoms with Crippen molar-refractivity contribution in [3.8, 4) is 0 Å². The monoisotopic (exact) mass is 237 g/mol. The third-order valence-corrected chi connectivity index (χ3v) is 3.39. The lowest BCUT2D eigenvalue weighted by Crippen LogP contribution is -2.29. The van der Waals surface area contributed by atoms with Crippen molar-refractivity contribution in [1.82, 2.24) is 15.1 Å². The number of carbonyl (C=O) groups is 1. The van der Waals surface area contributed by atoms with E-state index in [0.717, 1.165) is 23.4 Å². The zero-order valence-corrected chi connectivity index (χ0v) is 10.4. The molecule has 0 unspecified atom stereocenters. The third kappa shape index (κ3) is 2.66. The second kappa shape index (κ2) is 4.87. The molecule has 1 aliphatic rings. The van der Waals surface area contributed by atoms with E-state index in [1.807, 2.05) is 13.8 Å². The van der Waals surface area contributed by atoms with E-state index >= 15 is 0 Å². The Morgan fingerprint density at radius 1 is 1.59 bits per heavy atom. The first-order valence-electron chi connectivity index (χ1n) is 6.04. The molecule has 94 valence electrons. The first kappa shape index (κ1) is 12.1. The molecule has 1 aliphatic heterocycles. The van der Waals surface area contributed by atoms with Crippen LogP contribution in [0.1, 0.15) is 29.8 Å². The highest BCUT2D eigenvalue weighted by atomic mass is 16.3. The highest BCUT2D eigenvalue weighted by molar-refractivity contribution is 5.76. The van der Waals surface area contributed by atoms with Crippen LogP contribution in [0.2, 0.25) is 0 Å². The fourth-order valence-corrected chi connectivity index (χ4v) is 2.30. The number of β-amino-alcohol motifs (C(OH)–C–C–N with tert-alkyl or cyclic N) is 1. The zero-order valence-electron chi connectivity index (χ0n) is 10.4. The summed E-state index contributed by atoms with van der Waals surface area (Å²) in [4.78, 5) is 13.6. The van der Waals surface area contributed by atoms with Crippen LogP contribution in [0.15, 0.2) is 0 Å². The summed E-state index contributed by atoms with van der Waals surface area (Å²) in [6.07, 6.45) is 1.58. The molecule has 1 fully saturated rings. The van der Waals surface area contributed by atoms with E-state index in [2.05, 4.69) is 10.2 Å². The smallest absolute Gasteiger partial charge is 0.222 e. The maximum absolute atomic E-state index is 11.9. The van der Waals surface area contributed by atoms with Crippen LogP contribution in [0.5, 0.6) is 0 Å². The third-order valence-electron chi connectivity index (χ3n) is 3.39.